The molecule has 4 nitrogen and oxygen atoms in total. The summed E-state index contributed by atoms with van der Waals surface area (Å²) >= 11 is 9.86. The number of methoxy groups -OCH3 is 2. The van der Waals surface area contributed by atoms with Crippen LogP contribution in [0.5, 0.6) is 11.5 Å². The Labute approximate surface area is 189 Å². The highest BCUT2D eigenvalue weighted by atomic mass is 79.9. The molecule has 6 heteroatoms. The molecule has 0 fully saturated rings. The number of ether oxygens (including phenoxy) is 2. The number of rotatable bonds is 6. The SMILES string of the molecule is COc1ccc(-c2nn(Cc3ccc(Cl)cc3)c(-c3ccc(OC)cc3)c2Br)cc1. The number of hydrogen-bond acceptors (Lipinski definition) is 3. The summed E-state index contributed by atoms with van der Waals surface area (Å²) < 4.78 is 13.5. The first-order valence-corrected chi connectivity index (χ1v) is 10.6. The van der Waals surface area contributed by atoms with Crippen LogP contribution in [0.15, 0.2) is 77.3 Å². The fraction of sp³-hybridized carbons (Fsp3) is 0.125. The standard InChI is InChI=1S/C24H20BrClN2O2/c1-29-20-11-5-17(6-12-20)23-22(25)24(18-7-13-21(30-2)14-8-18)28(27-23)15-16-3-9-19(26)10-4-16/h3-14H,15H2,1-2H3. The molecule has 0 aliphatic rings. The minimum atomic E-state index is 0.618. The molecule has 0 aliphatic heterocycles. The third-order valence-electron chi connectivity index (χ3n) is 4.87. The van der Waals surface area contributed by atoms with Crippen LogP contribution in [0.25, 0.3) is 22.5 Å². The number of aromatic nitrogens is 2. The molecule has 0 atom stereocenters. The lowest BCUT2D eigenvalue weighted by atomic mass is 10.1. The summed E-state index contributed by atoms with van der Waals surface area (Å²) in [5.41, 5.74) is 5.04. The zero-order valence-electron chi connectivity index (χ0n) is 16.6. The van der Waals surface area contributed by atoms with E-state index in [1.165, 1.54) is 0 Å². The molecule has 0 radical (unpaired) electrons. The van der Waals surface area contributed by atoms with Gasteiger partial charge in [-0.3, -0.25) is 4.68 Å². The maximum absolute atomic E-state index is 6.05. The van der Waals surface area contributed by atoms with E-state index in [2.05, 4.69) is 15.9 Å². The van der Waals surface area contributed by atoms with Gasteiger partial charge >= 0.3 is 0 Å². The average Bonchev–Trinajstić information content (AvgIpc) is 3.11. The van der Waals surface area contributed by atoms with Crippen molar-refractivity contribution in [2.75, 3.05) is 14.2 Å². The zero-order valence-corrected chi connectivity index (χ0v) is 18.9. The normalized spacial score (nSPS) is 10.8. The van der Waals surface area contributed by atoms with Gasteiger partial charge in [-0.05, 0) is 82.2 Å². The second kappa shape index (κ2) is 8.94. The zero-order chi connectivity index (χ0) is 21.1. The van der Waals surface area contributed by atoms with Gasteiger partial charge in [0.25, 0.3) is 0 Å². The van der Waals surface area contributed by atoms with Crippen molar-refractivity contribution >= 4 is 27.5 Å². The number of hydrogen-bond donors (Lipinski definition) is 0. The molecule has 4 aromatic rings. The van der Waals surface area contributed by atoms with E-state index in [9.17, 15) is 0 Å². The van der Waals surface area contributed by atoms with Crippen LogP contribution < -0.4 is 9.47 Å². The van der Waals surface area contributed by atoms with Crippen LogP contribution in [0.1, 0.15) is 5.56 Å². The molecule has 0 spiro atoms. The van der Waals surface area contributed by atoms with Crippen molar-refractivity contribution in [3.8, 4) is 34.0 Å². The second-order valence-corrected chi connectivity index (χ2v) is 7.98. The molecule has 0 unspecified atom stereocenters. The highest BCUT2D eigenvalue weighted by molar-refractivity contribution is 9.10. The van der Waals surface area contributed by atoms with Gasteiger partial charge in [0, 0.05) is 16.1 Å². The van der Waals surface area contributed by atoms with Crippen LogP contribution in [-0.2, 0) is 6.54 Å². The molecular weight excluding hydrogens is 464 g/mol. The molecule has 0 N–H and O–H groups in total. The summed E-state index contributed by atoms with van der Waals surface area (Å²) in [5.74, 6) is 1.62. The molecule has 1 heterocycles. The Bertz CT molecular complexity index is 1140. The van der Waals surface area contributed by atoms with Crippen LogP contribution >= 0.6 is 27.5 Å². The quantitative estimate of drug-likeness (QED) is 0.306. The van der Waals surface area contributed by atoms with E-state index in [0.717, 1.165) is 49.1 Å². The first-order chi connectivity index (χ1) is 14.6. The third kappa shape index (κ3) is 4.23. The lowest BCUT2D eigenvalue weighted by Gasteiger charge is -2.09. The van der Waals surface area contributed by atoms with Gasteiger partial charge in [-0.15, -0.1) is 0 Å². The Morgan fingerprint density at radius 1 is 0.800 bits per heavy atom. The fourth-order valence-corrected chi connectivity index (χ4v) is 4.14. The van der Waals surface area contributed by atoms with Crippen molar-refractivity contribution in [3.05, 3.63) is 87.9 Å². The van der Waals surface area contributed by atoms with Gasteiger partial charge in [0.05, 0.1) is 30.9 Å². The molecule has 4 rings (SSSR count). The maximum atomic E-state index is 6.05. The van der Waals surface area contributed by atoms with E-state index in [1.807, 2.05) is 77.5 Å². The molecule has 152 valence electrons. The van der Waals surface area contributed by atoms with Gasteiger partial charge in [-0.2, -0.15) is 5.10 Å². The van der Waals surface area contributed by atoms with E-state index in [4.69, 9.17) is 26.2 Å². The molecule has 1 aromatic heterocycles. The summed E-state index contributed by atoms with van der Waals surface area (Å²) in [6.45, 7) is 0.618. The molecule has 0 saturated carbocycles. The van der Waals surface area contributed by atoms with Crippen molar-refractivity contribution in [1.82, 2.24) is 9.78 Å². The predicted octanol–water partition coefficient (Wildman–Crippen LogP) is 6.70. The summed E-state index contributed by atoms with van der Waals surface area (Å²) in [6.07, 6.45) is 0. The van der Waals surface area contributed by atoms with Gasteiger partial charge in [-0.1, -0.05) is 23.7 Å². The summed E-state index contributed by atoms with van der Waals surface area (Å²) in [7, 11) is 3.32. The van der Waals surface area contributed by atoms with Gasteiger partial charge in [0.1, 0.15) is 17.2 Å². The van der Waals surface area contributed by atoms with E-state index in [1.54, 1.807) is 14.2 Å². The fourth-order valence-electron chi connectivity index (χ4n) is 3.28. The first-order valence-electron chi connectivity index (χ1n) is 9.38. The highest BCUT2D eigenvalue weighted by Crippen LogP contribution is 2.38. The van der Waals surface area contributed by atoms with E-state index in [-0.39, 0.29) is 0 Å². The maximum Gasteiger partial charge on any atom is 0.118 e. The van der Waals surface area contributed by atoms with Crippen LogP contribution in [0.3, 0.4) is 0 Å². The van der Waals surface area contributed by atoms with Crippen LogP contribution in [-0.4, -0.2) is 24.0 Å². The summed E-state index contributed by atoms with van der Waals surface area (Å²) in [6, 6.07) is 23.7. The van der Waals surface area contributed by atoms with E-state index < -0.39 is 0 Å². The largest absolute Gasteiger partial charge is 0.497 e. The van der Waals surface area contributed by atoms with E-state index in [0.29, 0.717) is 6.54 Å². The molecule has 0 saturated heterocycles. The lowest BCUT2D eigenvalue weighted by Crippen LogP contribution is -2.04. The number of nitrogens with zero attached hydrogens (tertiary/aromatic N) is 2. The Kier molecular flexibility index (Phi) is 6.11. The third-order valence-corrected chi connectivity index (χ3v) is 5.87. The van der Waals surface area contributed by atoms with Crippen molar-refractivity contribution in [3.63, 3.8) is 0 Å². The minimum absolute atomic E-state index is 0.618. The minimum Gasteiger partial charge on any atom is -0.497 e. The van der Waals surface area contributed by atoms with Crippen molar-refractivity contribution in [2.24, 2.45) is 0 Å². The first kappa shape index (κ1) is 20.5. The van der Waals surface area contributed by atoms with Crippen molar-refractivity contribution in [2.45, 2.75) is 6.54 Å². The molecule has 0 aliphatic carbocycles. The molecule has 0 bridgehead atoms. The Balaban J connectivity index is 1.81. The molecule has 3 aromatic carbocycles. The Morgan fingerprint density at radius 3 is 1.87 bits per heavy atom. The predicted molar refractivity (Wildman–Crippen MR) is 124 cm³/mol. The molecule has 30 heavy (non-hydrogen) atoms. The van der Waals surface area contributed by atoms with Crippen molar-refractivity contribution in [1.29, 1.82) is 0 Å². The summed E-state index contributed by atoms with van der Waals surface area (Å²) in [4.78, 5) is 0. The average molecular weight is 484 g/mol. The topological polar surface area (TPSA) is 36.3 Å². The van der Waals surface area contributed by atoms with Gasteiger partial charge in [0.2, 0.25) is 0 Å². The van der Waals surface area contributed by atoms with Crippen molar-refractivity contribution < 1.29 is 9.47 Å². The number of benzene rings is 3. The van der Waals surface area contributed by atoms with Crippen LogP contribution in [0.2, 0.25) is 5.02 Å². The van der Waals surface area contributed by atoms with Gasteiger partial charge in [0.15, 0.2) is 0 Å². The van der Waals surface area contributed by atoms with Crippen LogP contribution in [0, 0.1) is 0 Å². The highest BCUT2D eigenvalue weighted by Gasteiger charge is 2.19. The monoisotopic (exact) mass is 482 g/mol. The second-order valence-electron chi connectivity index (χ2n) is 6.75. The van der Waals surface area contributed by atoms with E-state index >= 15 is 0 Å². The smallest absolute Gasteiger partial charge is 0.118 e. The number of halogens is 2. The molecule has 0 amide bonds. The summed E-state index contributed by atoms with van der Waals surface area (Å²) in [5, 5.41) is 5.65. The van der Waals surface area contributed by atoms with Gasteiger partial charge < -0.3 is 9.47 Å². The van der Waals surface area contributed by atoms with Crippen LogP contribution in [0.4, 0.5) is 0 Å². The van der Waals surface area contributed by atoms with Gasteiger partial charge in [-0.25, -0.2) is 0 Å². The Hall–Kier alpha value is -2.76. The lowest BCUT2D eigenvalue weighted by molar-refractivity contribution is 0.414. The Morgan fingerprint density at radius 2 is 1.33 bits per heavy atom. The molecular formula is C24H20BrClN2O2.